The van der Waals surface area contributed by atoms with Gasteiger partial charge in [-0.3, -0.25) is 9.69 Å². The van der Waals surface area contributed by atoms with E-state index in [0.717, 1.165) is 12.0 Å². The van der Waals surface area contributed by atoms with Gasteiger partial charge in [0.25, 0.3) is 0 Å². The molecule has 2 unspecified atom stereocenters. The Hall–Kier alpha value is -1.40. The Kier molecular flexibility index (Phi) is 5.58. The highest BCUT2D eigenvalue weighted by molar-refractivity contribution is 6.32. The minimum absolute atomic E-state index is 0.0597. The van der Waals surface area contributed by atoms with E-state index in [1.54, 1.807) is 12.1 Å². The molecular weight excluding hydrogens is 316 g/mol. The second-order valence-corrected chi connectivity index (χ2v) is 5.94. The van der Waals surface area contributed by atoms with Gasteiger partial charge in [0.05, 0.1) is 10.9 Å². The van der Waals surface area contributed by atoms with Crippen molar-refractivity contribution in [2.75, 3.05) is 6.54 Å². The van der Waals surface area contributed by atoms with Crippen LogP contribution in [0.1, 0.15) is 25.3 Å². The number of hydrogen-bond donors (Lipinski definition) is 1. The van der Waals surface area contributed by atoms with Crippen LogP contribution in [0.25, 0.3) is 0 Å². The lowest BCUT2D eigenvalue weighted by atomic mass is 9.93. The van der Waals surface area contributed by atoms with E-state index >= 15 is 0 Å². The zero-order valence-corrected chi connectivity index (χ0v) is 12.9. The molecule has 0 bridgehead atoms. The van der Waals surface area contributed by atoms with Gasteiger partial charge in [-0.25, -0.2) is 0 Å². The molecule has 1 aliphatic heterocycles. The molecule has 122 valence electrons. The molecule has 0 radical (unpaired) electrons. The van der Waals surface area contributed by atoms with Gasteiger partial charge in [-0.2, -0.15) is 8.78 Å². The number of ether oxygens (including phenoxy) is 1. The molecule has 22 heavy (non-hydrogen) atoms. The SMILES string of the molecule is CC1CCC(C(=O)O)CN1Cc1ccc(OC(F)F)c(Cl)c1. The van der Waals surface area contributed by atoms with Crippen LogP contribution in [-0.2, 0) is 11.3 Å². The van der Waals surface area contributed by atoms with Crippen molar-refractivity contribution in [3.05, 3.63) is 28.8 Å². The van der Waals surface area contributed by atoms with E-state index in [-0.39, 0.29) is 22.7 Å². The maximum absolute atomic E-state index is 12.2. The summed E-state index contributed by atoms with van der Waals surface area (Å²) in [6.45, 7) is 0.138. The van der Waals surface area contributed by atoms with Crippen molar-refractivity contribution in [2.24, 2.45) is 5.92 Å². The number of hydrogen-bond acceptors (Lipinski definition) is 3. The first-order valence-corrected chi connectivity index (χ1v) is 7.44. The van der Waals surface area contributed by atoms with Gasteiger partial charge in [-0.1, -0.05) is 17.7 Å². The van der Waals surface area contributed by atoms with Gasteiger partial charge in [0.15, 0.2) is 0 Å². The van der Waals surface area contributed by atoms with E-state index in [4.69, 9.17) is 16.7 Å². The summed E-state index contributed by atoms with van der Waals surface area (Å²) in [6.07, 6.45) is 1.49. The lowest BCUT2D eigenvalue weighted by Gasteiger charge is -2.36. The molecule has 1 heterocycles. The number of aliphatic carboxylic acids is 1. The van der Waals surface area contributed by atoms with Crippen LogP contribution in [0.15, 0.2) is 18.2 Å². The van der Waals surface area contributed by atoms with Crippen LogP contribution in [0, 0.1) is 5.92 Å². The highest BCUT2D eigenvalue weighted by Crippen LogP contribution is 2.29. The van der Waals surface area contributed by atoms with Crippen LogP contribution in [0.2, 0.25) is 5.02 Å². The molecule has 1 saturated heterocycles. The summed E-state index contributed by atoms with van der Waals surface area (Å²) < 4.78 is 28.7. The average Bonchev–Trinajstić information content (AvgIpc) is 2.43. The molecule has 2 atom stereocenters. The smallest absolute Gasteiger partial charge is 0.387 e. The van der Waals surface area contributed by atoms with Crippen molar-refractivity contribution in [1.29, 1.82) is 0 Å². The van der Waals surface area contributed by atoms with E-state index in [1.807, 2.05) is 6.92 Å². The monoisotopic (exact) mass is 333 g/mol. The number of halogens is 3. The summed E-state index contributed by atoms with van der Waals surface area (Å²) in [7, 11) is 0. The summed E-state index contributed by atoms with van der Waals surface area (Å²) in [5.74, 6) is -1.21. The Bertz CT molecular complexity index is 542. The maximum atomic E-state index is 12.2. The fourth-order valence-corrected chi connectivity index (χ4v) is 2.92. The fourth-order valence-electron chi connectivity index (χ4n) is 2.67. The van der Waals surface area contributed by atoms with Crippen molar-refractivity contribution in [3.8, 4) is 5.75 Å². The van der Waals surface area contributed by atoms with E-state index in [2.05, 4.69) is 9.64 Å². The van der Waals surface area contributed by atoms with Gasteiger partial charge in [0, 0.05) is 19.1 Å². The quantitative estimate of drug-likeness (QED) is 0.894. The van der Waals surface area contributed by atoms with Crippen molar-refractivity contribution >= 4 is 17.6 Å². The minimum Gasteiger partial charge on any atom is -0.481 e. The normalized spacial score (nSPS) is 22.8. The molecule has 0 saturated carbocycles. The number of piperidine rings is 1. The highest BCUT2D eigenvalue weighted by atomic mass is 35.5. The molecule has 4 nitrogen and oxygen atoms in total. The van der Waals surface area contributed by atoms with Gasteiger partial charge >= 0.3 is 12.6 Å². The van der Waals surface area contributed by atoms with Crippen molar-refractivity contribution < 1.29 is 23.4 Å². The van der Waals surface area contributed by atoms with Crippen molar-refractivity contribution in [2.45, 2.75) is 39.0 Å². The number of alkyl halides is 2. The first-order chi connectivity index (χ1) is 10.4. The third-order valence-corrected chi connectivity index (χ3v) is 4.25. The van der Waals surface area contributed by atoms with Crippen LogP contribution < -0.4 is 4.74 Å². The number of carboxylic acid groups (broad SMARTS) is 1. The molecular formula is C15H18ClF2NO3. The van der Waals surface area contributed by atoms with Gasteiger partial charge in [0.1, 0.15) is 5.75 Å². The van der Waals surface area contributed by atoms with Gasteiger partial charge < -0.3 is 9.84 Å². The van der Waals surface area contributed by atoms with Gasteiger partial charge in [-0.15, -0.1) is 0 Å². The number of nitrogens with zero attached hydrogens (tertiary/aromatic N) is 1. The van der Waals surface area contributed by atoms with Crippen LogP contribution in [0.4, 0.5) is 8.78 Å². The van der Waals surface area contributed by atoms with Crippen LogP contribution in [0.3, 0.4) is 0 Å². The minimum atomic E-state index is -2.92. The molecule has 1 N–H and O–H groups in total. The number of carboxylic acids is 1. The number of likely N-dealkylation sites (tertiary alicyclic amines) is 1. The Labute approximate surface area is 132 Å². The first-order valence-electron chi connectivity index (χ1n) is 7.07. The Balaban J connectivity index is 2.06. The lowest BCUT2D eigenvalue weighted by Crippen LogP contribution is -2.43. The molecule has 0 aliphatic carbocycles. The Morgan fingerprint density at radius 3 is 2.82 bits per heavy atom. The van der Waals surface area contributed by atoms with Crippen molar-refractivity contribution in [1.82, 2.24) is 4.90 Å². The predicted molar refractivity (Wildman–Crippen MR) is 78.3 cm³/mol. The maximum Gasteiger partial charge on any atom is 0.387 e. The van der Waals surface area contributed by atoms with Crippen molar-refractivity contribution in [3.63, 3.8) is 0 Å². The summed E-state index contributed by atoms with van der Waals surface area (Å²) in [6, 6.07) is 4.93. The van der Waals surface area contributed by atoms with Crippen LogP contribution >= 0.6 is 11.6 Å². The summed E-state index contributed by atoms with van der Waals surface area (Å²) >= 11 is 5.94. The molecule has 1 fully saturated rings. The summed E-state index contributed by atoms with van der Waals surface area (Å²) in [5.41, 5.74) is 0.838. The molecule has 0 amide bonds. The van der Waals surface area contributed by atoms with Crippen LogP contribution in [0.5, 0.6) is 5.75 Å². The lowest BCUT2D eigenvalue weighted by molar-refractivity contribution is -0.144. The molecule has 1 aliphatic rings. The topological polar surface area (TPSA) is 49.8 Å². The molecule has 1 aromatic carbocycles. The number of rotatable bonds is 5. The molecule has 0 spiro atoms. The fraction of sp³-hybridized carbons (Fsp3) is 0.533. The van der Waals surface area contributed by atoms with E-state index in [1.165, 1.54) is 6.07 Å². The molecule has 2 rings (SSSR count). The molecule has 7 heteroatoms. The van der Waals surface area contributed by atoms with E-state index in [0.29, 0.717) is 19.5 Å². The molecule has 0 aromatic heterocycles. The Morgan fingerprint density at radius 1 is 1.50 bits per heavy atom. The Morgan fingerprint density at radius 2 is 2.23 bits per heavy atom. The molecule has 1 aromatic rings. The number of benzene rings is 1. The standard InChI is InChI=1S/C15H18ClF2NO3/c1-9-2-4-11(14(20)21)8-19(9)7-10-3-5-13(12(16)6-10)22-15(17)18/h3,5-6,9,11,15H,2,4,7-8H2,1H3,(H,20,21). The average molecular weight is 334 g/mol. The third-order valence-electron chi connectivity index (χ3n) is 3.96. The second-order valence-electron chi connectivity index (χ2n) is 5.53. The van der Waals surface area contributed by atoms with Gasteiger partial charge in [-0.05, 0) is 37.5 Å². The zero-order valence-electron chi connectivity index (χ0n) is 12.1. The van der Waals surface area contributed by atoms with Crippen LogP contribution in [-0.4, -0.2) is 35.2 Å². The van der Waals surface area contributed by atoms with E-state index in [9.17, 15) is 13.6 Å². The first kappa shape index (κ1) is 17.0. The zero-order chi connectivity index (χ0) is 16.3. The third kappa shape index (κ3) is 4.30. The summed E-state index contributed by atoms with van der Waals surface area (Å²) in [5, 5.41) is 9.26. The van der Waals surface area contributed by atoms with Gasteiger partial charge in [0.2, 0.25) is 0 Å². The number of carbonyl (C=O) groups is 1. The van der Waals surface area contributed by atoms with E-state index < -0.39 is 12.6 Å². The second kappa shape index (κ2) is 7.24. The highest BCUT2D eigenvalue weighted by Gasteiger charge is 2.29. The largest absolute Gasteiger partial charge is 0.481 e. The summed E-state index contributed by atoms with van der Waals surface area (Å²) in [4.78, 5) is 13.2. The predicted octanol–water partition coefficient (Wildman–Crippen LogP) is 3.63.